The Bertz CT molecular complexity index is 1110. The lowest BCUT2D eigenvalue weighted by Gasteiger charge is -2.11. The van der Waals surface area contributed by atoms with E-state index in [9.17, 15) is 22.8 Å². The van der Waals surface area contributed by atoms with E-state index in [-0.39, 0.29) is 6.54 Å². The number of carbonyl (C=O) groups excluding carboxylic acids is 1. The van der Waals surface area contributed by atoms with Crippen LogP contribution in [0.25, 0.3) is 10.9 Å². The van der Waals surface area contributed by atoms with Gasteiger partial charge in [-0.3, -0.25) is 9.59 Å². The number of alkyl halides is 3. The Morgan fingerprint density at radius 1 is 1.21 bits per heavy atom. The Balaban J connectivity index is 1.78. The van der Waals surface area contributed by atoms with Gasteiger partial charge in [0, 0.05) is 23.8 Å². The molecule has 0 saturated carbocycles. The summed E-state index contributed by atoms with van der Waals surface area (Å²) in [6, 6.07) is 5.80. The van der Waals surface area contributed by atoms with Crippen LogP contribution in [0.1, 0.15) is 27.9 Å². The van der Waals surface area contributed by atoms with Crippen molar-refractivity contribution in [1.82, 2.24) is 14.9 Å². The van der Waals surface area contributed by atoms with Crippen LogP contribution < -0.4 is 10.9 Å². The molecule has 5 nitrogen and oxygen atoms in total. The Kier molecular flexibility index (Phi) is 5.06. The molecule has 0 aliphatic heterocycles. The van der Waals surface area contributed by atoms with E-state index in [0.29, 0.717) is 6.07 Å². The van der Waals surface area contributed by atoms with Crippen LogP contribution in [0.2, 0.25) is 0 Å². The summed E-state index contributed by atoms with van der Waals surface area (Å²) in [5.41, 5.74) is 2.45. The van der Waals surface area contributed by atoms with Crippen LogP contribution >= 0.6 is 0 Å². The van der Waals surface area contributed by atoms with Gasteiger partial charge in [0.25, 0.3) is 5.56 Å². The molecule has 2 N–H and O–H groups in total. The van der Waals surface area contributed by atoms with Crippen LogP contribution in [0.5, 0.6) is 0 Å². The highest BCUT2D eigenvalue weighted by atomic mass is 19.4. The van der Waals surface area contributed by atoms with Crippen LogP contribution in [0.15, 0.2) is 35.3 Å². The second kappa shape index (κ2) is 7.18. The van der Waals surface area contributed by atoms with Crippen molar-refractivity contribution in [3.8, 4) is 0 Å². The SMILES string of the molecule is Cc1cc(CNC(=O)Cn2cccc(C(F)(F)F)c2=O)c2[nH]c(C)c(C)c2c1. The van der Waals surface area contributed by atoms with Crippen molar-refractivity contribution in [3.63, 3.8) is 0 Å². The molecule has 8 heteroatoms. The lowest BCUT2D eigenvalue weighted by atomic mass is 10.0. The van der Waals surface area contributed by atoms with Gasteiger partial charge < -0.3 is 14.9 Å². The largest absolute Gasteiger partial charge is 0.421 e. The number of nitrogens with one attached hydrogen (secondary N) is 2. The fraction of sp³-hybridized carbons (Fsp3) is 0.300. The highest BCUT2D eigenvalue weighted by Crippen LogP contribution is 2.27. The van der Waals surface area contributed by atoms with Crippen LogP contribution in [-0.4, -0.2) is 15.5 Å². The summed E-state index contributed by atoms with van der Waals surface area (Å²) in [6.07, 6.45) is -3.59. The van der Waals surface area contributed by atoms with Crippen molar-refractivity contribution >= 4 is 16.8 Å². The van der Waals surface area contributed by atoms with Crippen molar-refractivity contribution in [2.24, 2.45) is 0 Å². The molecule has 1 amide bonds. The first-order valence-electron chi connectivity index (χ1n) is 8.69. The number of pyridine rings is 1. The molecule has 0 aliphatic rings. The lowest BCUT2D eigenvalue weighted by molar-refractivity contribution is -0.139. The fourth-order valence-electron chi connectivity index (χ4n) is 3.21. The summed E-state index contributed by atoms with van der Waals surface area (Å²) in [7, 11) is 0. The number of carbonyl (C=O) groups is 1. The number of aromatic amines is 1. The van der Waals surface area contributed by atoms with Gasteiger partial charge in [0.05, 0.1) is 5.52 Å². The number of rotatable bonds is 4. The predicted molar refractivity (Wildman–Crippen MR) is 100 cm³/mol. The number of fused-ring (bicyclic) bond motifs is 1. The Labute approximate surface area is 159 Å². The number of halogens is 3. The third-order valence-corrected chi connectivity index (χ3v) is 4.76. The summed E-state index contributed by atoms with van der Waals surface area (Å²) in [6.45, 7) is 5.64. The molecule has 0 aliphatic carbocycles. The number of hydrogen-bond donors (Lipinski definition) is 2. The molecule has 2 heterocycles. The van der Waals surface area contributed by atoms with Crippen LogP contribution in [0, 0.1) is 20.8 Å². The van der Waals surface area contributed by atoms with Gasteiger partial charge in [0.15, 0.2) is 0 Å². The molecule has 1 aromatic carbocycles. The number of hydrogen-bond acceptors (Lipinski definition) is 2. The molecule has 0 saturated heterocycles. The topological polar surface area (TPSA) is 66.9 Å². The molecular weight excluding hydrogens is 371 g/mol. The van der Waals surface area contributed by atoms with E-state index in [1.165, 1.54) is 6.20 Å². The standard InChI is InChI=1S/C20H20F3N3O2/c1-11-7-14(18-15(8-11)12(2)13(3)25-18)9-24-17(27)10-26-6-4-5-16(19(26)28)20(21,22)23/h4-8,25H,9-10H2,1-3H3,(H,24,27). The van der Waals surface area contributed by atoms with Crippen LogP contribution in [0.3, 0.4) is 0 Å². The fourth-order valence-corrected chi connectivity index (χ4v) is 3.21. The zero-order valence-electron chi connectivity index (χ0n) is 15.7. The zero-order chi connectivity index (χ0) is 20.6. The van der Waals surface area contributed by atoms with Gasteiger partial charge in [-0.1, -0.05) is 11.6 Å². The van der Waals surface area contributed by atoms with E-state index in [0.717, 1.165) is 43.9 Å². The minimum atomic E-state index is -4.76. The molecule has 28 heavy (non-hydrogen) atoms. The van der Waals surface area contributed by atoms with E-state index in [4.69, 9.17) is 0 Å². The molecule has 0 fully saturated rings. The molecule has 0 unspecified atom stereocenters. The average molecular weight is 391 g/mol. The summed E-state index contributed by atoms with van der Waals surface area (Å²) >= 11 is 0. The predicted octanol–water partition coefficient (Wildman–Crippen LogP) is 3.59. The summed E-state index contributed by atoms with van der Waals surface area (Å²) < 4.78 is 39.3. The van der Waals surface area contributed by atoms with Gasteiger partial charge in [-0.05, 0) is 50.1 Å². The second-order valence-electron chi connectivity index (χ2n) is 6.85. The third kappa shape index (κ3) is 3.81. The highest BCUT2D eigenvalue weighted by Gasteiger charge is 2.34. The quantitative estimate of drug-likeness (QED) is 0.714. The highest BCUT2D eigenvalue weighted by molar-refractivity contribution is 5.88. The van der Waals surface area contributed by atoms with E-state index >= 15 is 0 Å². The number of amides is 1. The smallest absolute Gasteiger partial charge is 0.358 e. The summed E-state index contributed by atoms with van der Waals surface area (Å²) in [5, 5.41) is 3.75. The molecule has 0 radical (unpaired) electrons. The monoisotopic (exact) mass is 391 g/mol. The molecule has 0 atom stereocenters. The first kappa shape index (κ1) is 19.7. The minimum Gasteiger partial charge on any atom is -0.358 e. The van der Waals surface area contributed by atoms with Gasteiger partial charge in [-0.25, -0.2) is 0 Å². The number of aryl methyl sites for hydroxylation is 3. The maximum absolute atomic E-state index is 12.8. The van der Waals surface area contributed by atoms with Gasteiger partial charge in [0.1, 0.15) is 12.1 Å². The molecule has 0 spiro atoms. The van der Waals surface area contributed by atoms with Crippen LogP contribution in [-0.2, 0) is 24.1 Å². The number of nitrogens with zero attached hydrogens (tertiary/aromatic N) is 1. The Hall–Kier alpha value is -3.03. The lowest BCUT2D eigenvalue weighted by Crippen LogP contribution is -2.34. The molecule has 0 bridgehead atoms. The minimum absolute atomic E-state index is 0.199. The first-order valence-corrected chi connectivity index (χ1v) is 8.69. The molecule has 148 valence electrons. The number of aromatic nitrogens is 2. The molecule has 2 aromatic heterocycles. The number of H-pyrrole nitrogens is 1. The van der Waals surface area contributed by atoms with Crippen LogP contribution in [0.4, 0.5) is 13.2 Å². The van der Waals surface area contributed by atoms with E-state index in [1.807, 2.05) is 26.8 Å². The average Bonchev–Trinajstić information content (AvgIpc) is 2.88. The Morgan fingerprint density at radius 2 is 1.93 bits per heavy atom. The van der Waals surface area contributed by atoms with Gasteiger partial charge >= 0.3 is 6.18 Å². The Morgan fingerprint density at radius 3 is 2.61 bits per heavy atom. The van der Waals surface area contributed by atoms with Crippen molar-refractivity contribution in [3.05, 3.63) is 68.8 Å². The van der Waals surface area contributed by atoms with Crippen molar-refractivity contribution in [1.29, 1.82) is 0 Å². The van der Waals surface area contributed by atoms with Gasteiger partial charge in [0.2, 0.25) is 5.91 Å². The summed E-state index contributed by atoms with van der Waals surface area (Å²) in [5.74, 6) is -0.545. The van der Waals surface area contributed by atoms with Crippen molar-refractivity contribution in [2.75, 3.05) is 0 Å². The van der Waals surface area contributed by atoms with Crippen molar-refractivity contribution in [2.45, 2.75) is 40.0 Å². The summed E-state index contributed by atoms with van der Waals surface area (Å²) in [4.78, 5) is 27.5. The zero-order valence-corrected chi connectivity index (χ0v) is 15.7. The van der Waals surface area contributed by atoms with Crippen molar-refractivity contribution < 1.29 is 18.0 Å². The van der Waals surface area contributed by atoms with Gasteiger partial charge in [-0.15, -0.1) is 0 Å². The molecule has 3 rings (SSSR count). The van der Waals surface area contributed by atoms with E-state index < -0.39 is 29.8 Å². The first-order chi connectivity index (χ1) is 13.1. The molecular formula is C20H20F3N3O2. The van der Waals surface area contributed by atoms with E-state index in [2.05, 4.69) is 16.4 Å². The second-order valence-corrected chi connectivity index (χ2v) is 6.85. The maximum atomic E-state index is 12.8. The van der Waals surface area contributed by atoms with E-state index in [1.54, 1.807) is 0 Å². The maximum Gasteiger partial charge on any atom is 0.421 e. The third-order valence-electron chi connectivity index (χ3n) is 4.76. The normalized spacial score (nSPS) is 11.8. The van der Waals surface area contributed by atoms with Gasteiger partial charge in [-0.2, -0.15) is 13.2 Å². The molecule has 3 aromatic rings. The number of benzene rings is 1.